The van der Waals surface area contributed by atoms with E-state index in [0.29, 0.717) is 5.03 Å². The van der Waals surface area contributed by atoms with Crippen LogP contribution in [-0.2, 0) is 42.9 Å². The molecule has 1 fully saturated rings. The van der Waals surface area contributed by atoms with Gasteiger partial charge in [0.15, 0.2) is 23.7 Å². The maximum Gasteiger partial charge on any atom is 0.303 e. The largest absolute Gasteiger partial charge is 0.463 e. The number of rotatable bonds is 8. The average molecular weight is 474 g/mol. The zero-order valence-corrected chi connectivity index (χ0v) is 19.0. The molecule has 10 nitrogen and oxygen atoms in total. The van der Waals surface area contributed by atoms with Crippen molar-refractivity contribution >= 4 is 45.5 Å². The molecule has 0 spiro atoms. The second-order valence-corrected chi connectivity index (χ2v) is 8.73. The van der Waals surface area contributed by atoms with Gasteiger partial charge in [-0.2, -0.15) is 0 Å². The molecular weight excluding hydrogens is 450 g/mol. The number of carbonyl (C=O) groups excluding carboxylic acids is 4. The minimum absolute atomic E-state index is 0.261. The van der Waals surface area contributed by atoms with Gasteiger partial charge >= 0.3 is 23.9 Å². The molecule has 1 aliphatic heterocycles. The molecule has 12 heteroatoms. The first-order chi connectivity index (χ1) is 14.7. The first-order valence-electron chi connectivity index (χ1n) is 9.22. The predicted molar refractivity (Wildman–Crippen MR) is 110 cm³/mol. The number of pyridine rings is 1. The van der Waals surface area contributed by atoms with Crippen LogP contribution >= 0.6 is 21.6 Å². The highest BCUT2D eigenvalue weighted by Crippen LogP contribution is 2.41. The lowest BCUT2D eigenvalue weighted by Gasteiger charge is -2.43. The number of hydrogen-bond donors (Lipinski definition) is 0. The van der Waals surface area contributed by atoms with Crippen LogP contribution in [0, 0.1) is 0 Å². The number of esters is 4. The van der Waals surface area contributed by atoms with E-state index in [4.69, 9.17) is 23.7 Å². The molecule has 5 atom stereocenters. The van der Waals surface area contributed by atoms with Crippen LogP contribution in [0.4, 0.5) is 0 Å². The standard InChI is InChI=1S/C19H23NO9S2/c1-10(21)25-9-14-16(26-11(2)22)17(27-12(3)23)18(28-13(4)24)19(29-14)31-30-15-7-5-6-8-20-15/h5-8,14,16-19H,9H2,1-4H3/t14-,16-,17+,18-,19+/m1/s1. The Morgan fingerprint density at radius 2 is 1.52 bits per heavy atom. The molecule has 1 saturated heterocycles. The predicted octanol–water partition coefficient (Wildman–Crippen LogP) is 1.90. The van der Waals surface area contributed by atoms with E-state index in [9.17, 15) is 19.2 Å². The van der Waals surface area contributed by atoms with Crippen molar-refractivity contribution in [2.24, 2.45) is 0 Å². The first kappa shape index (κ1) is 25.0. The van der Waals surface area contributed by atoms with Gasteiger partial charge in [-0.1, -0.05) is 16.9 Å². The van der Waals surface area contributed by atoms with E-state index in [1.807, 2.05) is 6.07 Å². The van der Waals surface area contributed by atoms with Crippen LogP contribution in [0.15, 0.2) is 29.4 Å². The average Bonchev–Trinajstić information content (AvgIpc) is 2.68. The summed E-state index contributed by atoms with van der Waals surface area (Å²) in [6, 6.07) is 5.36. The van der Waals surface area contributed by atoms with Crippen molar-refractivity contribution in [1.82, 2.24) is 4.98 Å². The molecule has 0 bridgehead atoms. The summed E-state index contributed by atoms with van der Waals surface area (Å²) in [6.07, 6.45) is -2.79. The zero-order chi connectivity index (χ0) is 23.0. The summed E-state index contributed by atoms with van der Waals surface area (Å²) in [5, 5.41) is 0.667. The van der Waals surface area contributed by atoms with E-state index in [1.165, 1.54) is 49.3 Å². The minimum atomic E-state index is -1.18. The van der Waals surface area contributed by atoms with Gasteiger partial charge in [-0.3, -0.25) is 19.2 Å². The van der Waals surface area contributed by atoms with Gasteiger partial charge in [0.25, 0.3) is 0 Å². The van der Waals surface area contributed by atoms with Gasteiger partial charge < -0.3 is 23.7 Å². The third kappa shape index (κ3) is 8.04. The van der Waals surface area contributed by atoms with Crippen LogP contribution in [0.3, 0.4) is 0 Å². The van der Waals surface area contributed by atoms with E-state index >= 15 is 0 Å². The molecule has 2 rings (SSSR count). The number of nitrogens with zero attached hydrogens (tertiary/aromatic N) is 1. The highest BCUT2D eigenvalue weighted by molar-refractivity contribution is 8.76. The lowest BCUT2D eigenvalue weighted by atomic mass is 9.99. The lowest BCUT2D eigenvalue weighted by molar-refractivity contribution is -0.237. The summed E-state index contributed by atoms with van der Waals surface area (Å²) in [5.41, 5.74) is -0.854. The molecule has 1 aromatic rings. The second kappa shape index (κ2) is 11.9. The number of carbonyl (C=O) groups is 4. The fourth-order valence-electron chi connectivity index (χ4n) is 2.76. The summed E-state index contributed by atoms with van der Waals surface area (Å²) >= 11 is 0. The van der Waals surface area contributed by atoms with Gasteiger partial charge in [-0.15, -0.1) is 0 Å². The monoisotopic (exact) mass is 473 g/mol. The quantitative estimate of drug-likeness (QED) is 0.311. The van der Waals surface area contributed by atoms with Gasteiger partial charge in [0.2, 0.25) is 0 Å². The Balaban J connectivity index is 2.35. The smallest absolute Gasteiger partial charge is 0.303 e. The van der Waals surface area contributed by atoms with E-state index in [-0.39, 0.29) is 6.61 Å². The third-order valence-corrected chi connectivity index (χ3v) is 6.26. The van der Waals surface area contributed by atoms with Gasteiger partial charge in [0.1, 0.15) is 17.7 Å². The Kier molecular flexibility index (Phi) is 9.59. The van der Waals surface area contributed by atoms with Crippen molar-refractivity contribution in [3.8, 4) is 0 Å². The molecule has 0 radical (unpaired) electrons. The van der Waals surface area contributed by atoms with E-state index < -0.39 is 53.7 Å². The highest BCUT2D eigenvalue weighted by atomic mass is 33.1. The molecule has 0 saturated carbocycles. The van der Waals surface area contributed by atoms with Gasteiger partial charge in [0.05, 0.1) is 0 Å². The molecule has 1 aromatic heterocycles. The Bertz CT molecular complexity index is 792. The van der Waals surface area contributed by atoms with Gasteiger partial charge in [0, 0.05) is 33.9 Å². The summed E-state index contributed by atoms with van der Waals surface area (Å²) in [5.74, 6) is -2.55. The van der Waals surface area contributed by atoms with Crippen LogP contribution in [0.1, 0.15) is 27.7 Å². The van der Waals surface area contributed by atoms with E-state index in [0.717, 1.165) is 0 Å². The molecular formula is C19H23NO9S2. The molecule has 2 heterocycles. The molecule has 0 N–H and O–H groups in total. The molecule has 0 amide bonds. The molecule has 0 unspecified atom stereocenters. The summed E-state index contributed by atoms with van der Waals surface area (Å²) in [7, 11) is 2.43. The fourth-order valence-corrected chi connectivity index (χ4v) is 5.04. The third-order valence-electron chi connectivity index (χ3n) is 3.81. The Morgan fingerprint density at radius 3 is 2.06 bits per heavy atom. The summed E-state index contributed by atoms with van der Waals surface area (Å²) in [6.45, 7) is 4.51. The maximum absolute atomic E-state index is 11.8. The lowest BCUT2D eigenvalue weighted by Crippen LogP contribution is -2.61. The van der Waals surface area contributed by atoms with E-state index in [1.54, 1.807) is 18.3 Å². The Morgan fingerprint density at radius 1 is 0.903 bits per heavy atom. The van der Waals surface area contributed by atoms with Crippen LogP contribution in [-0.4, -0.2) is 65.3 Å². The second-order valence-electron chi connectivity index (χ2n) is 6.42. The molecule has 1 aliphatic rings. The van der Waals surface area contributed by atoms with Crippen molar-refractivity contribution in [3.05, 3.63) is 24.4 Å². The van der Waals surface area contributed by atoms with E-state index in [2.05, 4.69) is 4.98 Å². The fraction of sp³-hybridized carbons (Fsp3) is 0.526. The van der Waals surface area contributed by atoms with Crippen molar-refractivity contribution in [3.63, 3.8) is 0 Å². The minimum Gasteiger partial charge on any atom is -0.463 e. The Labute approximate surface area is 187 Å². The molecule has 31 heavy (non-hydrogen) atoms. The summed E-state index contributed by atoms with van der Waals surface area (Å²) in [4.78, 5) is 50.8. The van der Waals surface area contributed by atoms with Gasteiger partial charge in [-0.05, 0) is 22.9 Å². The van der Waals surface area contributed by atoms with Crippen molar-refractivity contribution < 1.29 is 42.9 Å². The van der Waals surface area contributed by atoms with Crippen LogP contribution < -0.4 is 0 Å². The highest BCUT2D eigenvalue weighted by Gasteiger charge is 2.52. The molecule has 0 aromatic carbocycles. The van der Waals surface area contributed by atoms with Gasteiger partial charge in [-0.25, -0.2) is 4.98 Å². The SMILES string of the molecule is CC(=O)OC[C@H]1O[C@@H](SSc2ccccn2)[C@H](OC(C)=O)[C@@H](OC(C)=O)[C@@H]1OC(C)=O. The zero-order valence-electron chi connectivity index (χ0n) is 17.3. The van der Waals surface area contributed by atoms with Crippen molar-refractivity contribution in [2.75, 3.05) is 6.61 Å². The molecule has 0 aliphatic carbocycles. The normalized spacial score (nSPS) is 25.2. The van der Waals surface area contributed by atoms with Crippen LogP contribution in [0.2, 0.25) is 0 Å². The van der Waals surface area contributed by atoms with Crippen LogP contribution in [0.25, 0.3) is 0 Å². The Hall–Kier alpha value is -2.31. The van der Waals surface area contributed by atoms with Crippen molar-refractivity contribution in [2.45, 2.75) is 62.6 Å². The number of hydrogen-bond acceptors (Lipinski definition) is 12. The maximum atomic E-state index is 11.8. The molecule has 170 valence electrons. The van der Waals surface area contributed by atoms with Crippen LogP contribution in [0.5, 0.6) is 0 Å². The first-order valence-corrected chi connectivity index (χ1v) is 11.4. The number of ether oxygens (including phenoxy) is 5. The topological polar surface area (TPSA) is 127 Å². The number of aromatic nitrogens is 1. The summed E-state index contributed by atoms with van der Waals surface area (Å²) < 4.78 is 27.1. The van der Waals surface area contributed by atoms with Crippen molar-refractivity contribution in [1.29, 1.82) is 0 Å².